The van der Waals surface area contributed by atoms with Crippen molar-refractivity contribution in [2.75, 3.05) is 12.4 Å². The Morgan fingerprint density at radius 3 is 2.58 bits per heavy atom. The molecule has 3 rings (SSSR count). The Hall–Kier alpha value is -2.96. The van der Waals surface area contributed by atoms with Crippen LogP contribution in [0.25, 0.3) is 0 Å². The van der Waals surface area contributed by atoms with Crippen LogP contribution in [0.5, 0.6) is 5.75 Å². The van der Waals surface area contributed by atoms with Crippen molar-refractivity contribution in [3.8, 4) is 5.75 Å². The third-order valence-corrected chi connectivity index (χ3v) is 4.30. The van der Waals surface area contributed by atoms with Crippen LogP contribution in [0.1, 0.15) is 12.0 Å². The second-order valence-corrected chi connectivity index (χ2v) is 6.09. The number of hydrogen-bond donors (Lipinski definition) is 2. The number of benzene rings is 2. The molecule has 2 N–H and O–H groups in total. The molecular weight excluding hydrogens is 342 g/mol. The van der Waals surface area contributed by atoms with E-state index in [1.165, 1.54) is 0 Å². The predicted octanol–water partition coefficient (Wildman–Crippen LogP) is 2.86. The number of carbonyl (C=O) groups excluding carboxylic acids is 2. The Kier molecular flexibility index (Phi) is 5.16. The SMILES string of the molecule is COc1ccccc1CNC(=O)C1CC1C(=O)Nc1ccc(F)cc1F. The topological polar surface area (TPSA) is 67.4 Å². The van der Waals surface area contributed by atoms with Gasteiger partial charge in [0.15, 0.2) is 0 Å². The summed E-state index contributed by atoms with van der Waals surface area (Å²) in [4.78, 5) is 24.3. The first kappa shape index (κ1) is 17.8. The van der Waals surface area contributed by atoms with Gasteiger partial charge in [0, 0.05) is 18.2 Å². The lowest BCUT2D eigenvalue weighted by Gasteiger charge is -2.09. The minimum Gasteiger partial charge on any atom is -0.496 e. The van der Waals surface area contributed by atoms with Crippen molar-refractivity contribution in [2.24, 2.45) is 11.8 Å². The molecule has 0 aliphatic heterocycles. The number of hydrogen-bond acceptors (Lipinski definition) is 3. The molecule has 1 saturated carbocycles. The van der Waals surface area contributed by atoms with Crippen LogP contribution in [0.15, 0.2) is 42.5 Å². The summed E-state index contributed by atoms with van der Waals surface area (Å²) in [5.74, 6) is -2.56. The molecule has 1 aliphatic carbocycles. The van der Waals surface area contributed by atoms with Crippen LogP contribution in [0.4, 0.5) is 14.5 Å². The number of amides is 2. The van der Waals surface area contributed by atoms with E-state index in [-0.39, 0.29) is 11.6 Å². The average Bonchev–Trinajstić information content (AvgIpc) is 3.43. The number of ether oxygens (including phenoxy) is 1. The molecular formula is C19H18F2N2O3. The van der Waals surface area contributed by atoms with Gasteiger partial charge in [-0.1, -0.05) is 18.2 Å². The van der Waals surface area contributed by atoms with E-state index in [2.05, 4.69) is 10.6 Å². The summed E-state index contributed by atoms with van der Waals surface area (Å²) in [6.45, 7) is 0.292. The molecule has 1 fully saturated rings. The number of halogens is 2. The van der Waals surface area contributed by atoms with Crippen LogP contribution in [-0.2, 0) is 16.1 Å². The van der Waals surface area contributed by atoms with Crippen molar-refractivity contribution in [2.45, 2.75) is 13.0 Å². The van der Waals surface area contributed by atoms with Crippen LogP contribution < -0.4 is 15.4 Å². The minimum atomic E-state index is -0.851. The predicted molar refractivity (Wildman–Crippen MR) is 91.4 cm³/mol. The van der Waals surface area contributed by atoms with Gasteiger partial charge < -0.3 is 15.4 Å². The highest BCUT2D eigenvalue weighted by atomic mass is 19.1. The summed E-state index contributed by atoms with van der Waals surface area (Å²) in [7, 11) is 1.55. The fourth-order valence-electron chi connectivity index (χ4n) is 2.75. The van der Waals surface area contributed by atoms with Crippen molar-refractivity contribution in [1.29, 1.82) is 0 Å². The molecule has 0 saturated heterocycles. The molecule has 0 aromatic heterocycles. The Bertz CT molecular complexity index is 841. The van der Waals surface area contributed by atoms with E-state index in [1.807, 2.05) is 18.2 Å². The average molecular weight is 360 g/mol. The van der Waals surface area contributed by atoms with E-state index < -0.39 is 29.4 Å². The standard InChI is InChI=1S/C19H18F2N2O3/c1-26-17-5-3-2-4-11(17)10-22-18(24)13-9-14(13)19(25)23-16-7-6-12(20)8-15(16)21/h2-8,13-14H,9-10H2,1H3,(H,22,24)(H,23,25). The molecule has 2 atom stereocenters. The maximum atomic E-state index is 13.6. The zero-order valence-electron chi connectivity index (χ0n) is 14.1. The number of anilines is 1. The van der Waals surface area contributed by atoms with Gasteiger partial charge >= 0.3 is 0 Å². The van der Waals surface area contributed by atoms with Gasteiger partial charge in [0.1, 0.15) is 17.4 Å². The Balaban J connectivity index is 1.52. The van der Waals surface area contributed by atoms with Crippen LogP contribution in [0.3, 0.4) is 0 Å². The van der Waals surface area contributed by atoms with E-state index in [0.29, 0.717) is 24.8 Å². The second-order valence-electron chi connectivity index (χ2n) is 6.09. The fourth-order valence-corrected chi connectivity index (χ4v) is 2.75. The minimum absolute atomic E-state index is 0.100. The molecule has 7 heteroatoms. The highest BCUT2D eigenvalue weighted by Gasteiger charge is 2.48. The lowest BCUT2D eigenvalue weighted by Crippen LogP contribution is -2.27. The lowest BCUT2D eigenvalue weighted by molar-refractivity contribution is -0.125. The van der Waals surface area contributed by atoms with Gasteiger partial charge in [0.2, 0.25) is 11.8 Å². The van der Waals surface area contributed by atoms with Crippen molar-refractivity contribution in [3.05, 3.63) is 59.7 Å². The van der Waals surface area contributed by atoms with Crippen molar-refractivity contribution >= 4 is 17.5 Å². The second kappa shape index (κ2) is 7.51. The van der Waals surface area contributed by atoms with Gasteiger partial charge in [-0.2, -0.15) is 0 Å². The summed E-state index contributed by atoms with van der Waals surface area (Å²) in [5.41, 5.74) is 0.731. The highest BCUT2D eigenvalue weighted by Crippen LogP contribution is 2.39. The molecule has 5 nitrogen and oxygen atoms in total. The zero-order chi connectivity index (χ0) is 18.7. The summed E-state index contributed by atoms with van der Waals surface area (Å²) in [6, 6.07) is 10.2. The van der Waals surface area contributed by atoms with Crippen LogP contribution in [0.2, 0.25) is 0 Å². The molecule has 0 radical (unpaired) electrons. The maximum Gasteiger partial charge on any atom is 0.228 e. The maximum absolute atomic E-state index is 13.6. The molecule has 1 aliphatic rings. The molecule has 0 heterocycles. The summed E-state index contributed by atoms with van der Waals surface area (Å²) >= 11 is 0. The van der Waals surface area contributed by atoms with Crippen LogP contribution >= 0.6 is 0 Å². The van der Waals surface area contributed by atoms with E-state index in [1.54, 1.807) is 13.2 Å². The smallest absolute Gasteiger partial charge is 0.228 e. The monoisotopic (exact) mass is 360 g/mol. The van der Waals surface area contributed by atoms with Crippen molar-refractivity contribution < 1.29 is 23.1 Å². The summed E-state index contributed by atoms with van der Waals surface area (Å²) < 4.78 is 31.7. The Morgan fingerprint density at radius 1 is 1.12 bits per heavy atom. The van der Waals surface area contributed by atoms with Gasteiger partial charge in [-0.25, -0.2) is 8.78 Å². The molecule has 2 amide bonds. The summed E-state index contributed by atoms with van der Waals surface area (Å²) in [6.07, 6.45) is 0.395. The number of rotatable bonds is 6. The molecule has 0 spiro atoms. The van der Waals surface area contributed by atoms with E-state index in [4.69, 9.17) is 4.74 Å². The molecule has 2 aromatic rings. The van der Waals surface area contributed by atoms with Crippen molar-refractivity contribution in [1.82, 2.24) is 5.32 Å². The molecule has 26 heavy (non-hydrogen) atoms. The van der Waals surface area contributed by atoms with Crippen LogP contribution in [-0.4, -0.2) is 18.9 Å². The van der Waals surface area contributed by atoms with E-state index >= 15 is 0 Å². The molecule has 2 aromatic carbocycles. The number of nitrogens with one attached hydrogen (secondary N) is 2. The van der Waals surface area contributed by atoms with Crippen molar-refractivity contribution in [3.63, 3.8) is 0 Å². The summed E-state index contributed by atoms with van der Waals surface area (Å²) in [5, 5.41) is 5.18. The normalized spacial score (nSPS) is 18.1. The zero-order valence-corrected chi connectivity index (χ0v) is 14.1. The first-order chi connectivity index (χ1) is 12.5. The third-order valence-electron chi connectivity index (χ3n) is 4.30. The number of para-hydroxylation sites is 1. The van der Waals surface area contributed by atoms with E-state index in [9.17, 15) is 18.4 Å². The largest absolute Gasteiger partial charge is 0.496 e. The fraction of sp³-hybridized carbons (Fsp3) is 0.263. The van der Waals surface area contributed by atoms with E-state index in [0.717, 1.165) is 17.7 Å². The Morgan fingerprint density at radius 2 is 1.85 bits per heavy atom. The van der Waals surface area contributed by atoms with Gasteiger partial charge in [0.25, 0.3) is 0 Å². The first-order valence-corrected chi connectivity index (χ1v) is 8.15. The molecule has 0 bridgehead atoms. The highest BCUT2D eigenvalue weighted by molar-refractivity contribution is 5.99. The van der Waals surface area contributed by atoms with Gasteiger partial charge in [-0.15, -0.1) is 0 Å². The lowest BCUT2D eigenvalue weighted by atomic mass is 10.2. The first-order valence-electron chi connectivity index (χ1n) is 8.15. The molecule has 136 valence electrons. The van der Waals surface area contributed by atoms with Gasteiger partial charge in [-0.3, -0.25) is 9.59 Å². The van der Waals surface area contributed by atoms with Gasteiger partial charge in [-0.05, 0) is 24.6 Å². The third kappa shape index (κ3) is 3.99. The van der Waals surface area contributed by atoms with Gasteiger partial charge in [0.05, 0.1) is 24.6 Å². The molecule has 2 unspecified atom stereocenters. The number of carbonyl (C=O) groups is 2. The number of methoxy groups -OCH3 is 1. The van der Waals surface area contributed by atoms with Crippen LogP contribution in [0, 0.1) is 23.5 Å². The quantitative estimate of drug-likeness (QED) is 0.832. The Labute approximate surface area is 149 Å².